The Morgan fingerprint density at radius 3 is 2.61 bits per heavy atom. The highest BCUT2D eigenvalue weighted by molar-refractivity contribution is 5.94. The molecule has 2 heterocycles. The van der Waals surface area contributed by atoms with Crippen LogP contribution in [-0.4, -0.2) is 39.5 Å². The van der Waals surface area contributed by atoms with Crippen LogP contribution in [0.25, 0.3) is 11.4 Å². The Labute approximate surface area is 168 Å². The van der Waals surface area contributed by atoms with Crippen LogP contribution < -0.4 is 5.32 Å². The number of imidazole rings is 1. The molecule has 4 rings (SSSR count). The Bertz CT molecular complexity index is 806. The summed E-state index contributed by atoms with van der Waals surface area (Å²) in [5.74, 6) is 1.54. The number of carbonyl (C=O) groups is 1. The molecule has 5 heteroatoms. The van der Waals surface area contributed by atoms with Crippen LogP contribution in [0.3, 0.4) is 0 Å². The summed E-state index contributed by atoms with van der Waals surface area (Å²) >= 11 is 0. The Hall–Kier alpha value is -2.14. The standard InChI is InChI=1S/C23H32N4O/c1-17(2)15-26-13-14-27-20(16-26)21(23(28)24-19-11-7-4-8-12-19)25-22(27)18-9-5-3-6-10-18/h3,5-6,9-10,17,19H,4,7-8,11-16H2,1-2H3,(H,24,28). The predicted molar refractivity (Wildman–Crippen MR) is 112 cm³/mol. The molecule has 0 bridgehead atoms. The zero-order chi connectivity index (χ0) is 19.5. The van der Waals surface area contributed by atoms with Gasteiger partial charge < -0.3 is 9.88 Å². The van der Waals surface area contributed by atoms with Crippen LogP contribution in [0.15, 0.2) is 30.3 Å². The normalized spacial score (nSPS) is 18.2. The number of nitrogens with zero attached hydrogens (tertiary/aromatic N) is 3. The largest absolute Gasteiger partial charge is 0.348 e. The molecule has 1 aromatic carbocycles. The van der Waals surface area contributed by atoms with Crippen molar-refractivity contribution in [2.45, 2.75) is 65.1 Å². The average molecular weight is 381 g/mol. The number of nitrogens with one attached hydrogen (secondary N) is 1. The van der Waals surface area contributed by atoms with Gasteiger partial charge in [0.1, 0.15) is 5.82 Å². The van der Waals surface area contributed by atoms with Gasteiger partial charge in [0.15, 0.2) is 5.69 Å². The minimum atomic E-state index is 0.00391. The zero-order valence-electron chi connectivity index (χ0n) is 17.2. The molecule has 0 unspecified atom stereocenters. The topological polar surface area (TPSA) is 50.2 Å². The molecule has 1 fully saturated rings. The van der Waals surface area contributed by atoms with Crippen molar-refractivity contribution in [1.29, 1.82) is 0 Å². The number of amides is 1. The first-order valence-corrected chi connectivity index (χ1v) is 10.8. The minimum absolute atomic E-state index is 0.00391. The fourth-order valence-corrected chi connectivity index (χ4v) is 4.58. The molecule has 1 saturated carbocycles. The van der Waals surface area contributed by atoms with E-state index in [1.165, 1.54) is 19.3 Å². The van der Waals surface area contributed by atoms with Crippen molar-refractivity contribution < 1.29 is 4.79 Å². The van der Waals surface area contributed by atoms with Gasteiger partial charge in [-0.05, 0) is 18.8 Å². The van der Waals surface area contributed by atoms with Crippen molar-refractivity contribution in [3.05, 3.63) is 41.7 Å². The fourth-order valence-electron chi connectivity index (χ4n) is 4.58. The summed E-state index contributed by atoms with van der Waals surface area (Å²) in [5.41, 5.74) is 2.77. The molecular weight excluding hydrogens is 348 g/mol. The quantitative estimate of drug-likeness (QED) is 0.850. The SMILES string of the molecule is CC(C)CN1CCn2c(-c3ccccc3)nc(C(=O)NC3CCCCC3)c2C1. The van der Waals surface area contributed by atoms with E-state index in [4.69, 9.17) is 4.98 Å². The van der Waals surface area contributed by atoms with Gasteiger partial charge in [-0.3, -0.25) is 9.69 Å². The third-order valence-electron chi connectivity index (χ3n) is 5.90. The highest BCUT2D eigenvalue weighted by Crippen LogP contribution is 2.27. The van der Waals surface area contributed by atoms with Crippen molar-refractivity contribution in [2.24, 2.45) is 5.92 Å². The number of rotatable bonds is 5. The number of carbonyl (C=O) groups excluding carboxylic acids is 1. The molecule has 0 spiro atoms. The number of hydrogen-bond acceptors (Lipinski definition) is 3. The maximum atomic E-state index is 13.2. The minimum Gasteiger partial charge on any atom is -0.348 e. The van der Waals surface area contributed by atoms with E-state index in [-0.39, 0.29) is 5.91 Å². The first kappa shape index (κ1) is 19.2. The molecule has 150 valence electrons. The van der Waals surface area contributed by atoms with Gasteiger partial charge in [0.05, 0.1) is 5.69 Å². The molecule has 28 heavy (non-hydrogen) atoms. The number of aromatic nitrogens is 2. The summed E-state index contributed by atoms with van der Waals surface area (Å²) in [6.45, 7) is 8.23. The lowest BCUT2D eigenvalue weighted by atomic mass is 9.95. The second-order valence-corrected chi connectivity index (χ2v) is 8.69. The smallest absolute Gasteiger partial charge is 0.272 e. The van der Waals surface area contributed by atoms with Gasteiger partial charge in [-0.2, -0.15) is 0 Å². The Morgan fingerprint density at radius 2 is 1.89 bits per heavy atom. The molecule has 1 aliphatic carbocycles. The lowest BCUT2D eigenvalue weighted by Crippen LogP contribution is -2.39. The van der Waals surface area contributed by atoms with Gasteiger partial charge in [-0.25, -0.2) is 4.98 Å². The molecule has 2 aliphatic rings. The lowest BCUT2D eigenvalue weighted by Gasteiger charge is -2.30. The third-order valence-corrected chi connectivity index (χ3v) is 5.90. The molecule has 0 radical (unpaired) electrons. The van der Waals surface area contributed by atoms with E-state index in [0.717, 1.165) is 56.1 Å². The van der Waals surface area contributed by atoms with E-state index < -0.39 is 0 Å². The van der Waals surface area contributed by atoms with Gasteiger partial charge >= 0.3 is 0 Å². The van der Waals surface area contributed by atoms with E-state index in [2.05, 4.69) is 40.8 Å². The van der Waals surface area contributed by atoms with Crippen LogP contribution in [0.5, 0.6) is 0 Å². The molecule has 1 aliphatic heterocycles. The zero-order valence-corrected chi connectivity index (χ0v) is 17.2. The Kier molecular flexibility index (Phi) is 5.81. The maximum absolute atomic E-state index is 13.2. The summed E-state index contributed by atoms with van der Waals surface area (Å²) in [6, 6.07) is 10.6. The van der Waals surface area contributed by atoms with E-state index in [9.17, 15) is 4.79 Å². The number of hydrogen-bond donors (Lipinski definition) is 1. The van der Waals surface area contributed by atoms with E-state index in [1.54, 1.807) is 0 Å². The molecule has 1 amide bonds. The number of fused-ring (bicyclic) bond motifs is 1. The van der Waals surface area contributed by atoms with Gasteiger partial charge in [-0.1, -0.05) is 63.4 Å². The molecule has 0 atom stereocenters. The molecular formula is C23H32N4O. The summed E-state index contributed by atoms with van der Waals surface area (Å²) in [4.78, 5) is 20.5. The maximum Gasteiger partial charge on any atom is 0.272 e. The summed E-state index contributed by atoms with van der Waals surface area (Å²) in [6.07, 6.45) is 5.89. The van der Waals surface area contributed by atoms with Gasteiger partial charge in [0.25, 0.3) is 5.91 Å². The lowest BCUT2D eigenvalue weighted by molar-refractivity contribution is 0.0919. The Balaban J connectivity index is 1.65. The average Bonchev–Trinajstić information content (AvgIpc) is 3.08. The van der Waals surface area contributed by atoms with Crippen molar-refractivity contribution in [2.75, 3.05) is 13.1 Å². The second kappa shape index (κ2) is 8.48. The monoisotopic (exact) mass is 380 g/mol. The third kappa shape index (κ3) is 4.14. The molecule has 0 saturated heterocycles. The molecule has 1 N–H and O–H groups in total. The van der Waals surface area contributed by atoms with Crippen molar-refractivity contribution in [3.63, 3.8) is 0 Å². The molecule has 1 aromatic heterocycles. The van der Waals surface area contributed by atoms with Crippen LogP contribution in [-0.2, 0) is 13.1 Å². The van der Waals surface area contributed by atoms with E-state index >= 15 is 0 Å². The second-order valence-electron chi connectivity index (χ2n) is 8.69. The van der Waals surface area contributed by atoms with E-state index in [0.29, 0.717) is 17.7 Å². The van der Waals surface area contributed by atoms with Crippen LogP contribution >= 0.6 is 0 Å². The first-order valence-electron chi connectivity index (χ1n) is 10.8. The highest BCUT2D eigenvalue weighted by atomic mass is 16.2. The summed E-state index contributed by atoms with van der Waals surface area (Å²) in [5, 5.41) is 3.27. The van der Waals surface area contributed by atoms with E-state index in [1.807, 2.05) is 18.2 Å². The van der Waals surface area contributed by atoms with Crippen molar-refractivity contribution in [3.8, 4) is 11.4 Å². The molecule has 5 nitrogen and oxygen atoms in total. The fraction of sp³-hybridized carbons (Fsp3) is 0.565. The van der Waals surface area contributed by atoms with Crippen molar-refractivity contribution >= 4 is 5.91 Å². The Morgan fingerprint density at radius 1 is 1.14 bits per heavy atom. The summed E-state index contributed by atoms with van der Waals surface area (Å²) < 4.78 is 2.27. The molecule has 2 aromatic rings. The van der Waals surface area contributed by atoms with Gasteiger partial charge in [-0.15, -0.1) is 0 Å². The van der Waals surface area contributed by atoms with Crippen LogP contribution in [0.2, 0.25) is 0 Å². The van der Waals surface area contributed by atoms with Crippen LogP contribution in [0.1, 0.15) is 62.1 Å². The first-order chi connectivity index (χ1) is 13.6. The van der Waals surface area contributed by atoms with Crippen LogP contribution in [0, 0.1) is 5.92 Å². The highest BCUT2D eigenvalue weighted by Gasteiger charge is 2.29. The summed E-state index contributed by atoms with van der Waals surface area (Å²) in [7, 11) is 0. The van der Waals surface area contributed by atoms with Crippen LogP contribution in [0.4, 0.5) is 0 Å². The van der Waals surface area contributed by atoms with Gasteiger partial charge in [0.2, 0.25) is 0 Å². The van der Waals surface area contributed by atoms with Gasteiger partial charge in [0, 0.05) is 37.8 Å². The van der Waals surface area contributed by atoms with Crippen molar-refractivity contribution in [1.82, 2.24) is 19.8 Å². The number of benzene rings is 1. The predicted octanol–water partition coefficient (Wildman–Crippen LogP) is 4.08.